The Kier molecular flexibility index (Phi) is 4.36. The first-order valence-electron chi connectivity index (χ1n) is 4.86. The van der Waals surface area contributed by atoms with Crippen LogP contribution in [-0.2, 0) is 6.42 Å². The van der Waals surface area contributed by atoms with Gasteiger partial charge in [0.2, 0.25) is 0 Å². The minimum atomic E-state index is -0.362. The SMILES string of the molecule is CCC(N)Cc1cc(F)cc(Cl)c1OC. The summed E-state index contributed by atoms with van der Waals surface area (Å²) in [6, 6.07) is 2.65. The number of hydrogen-bond donors (Lipinski definition) is 1. The van der Waals surface area contributed by atoms with E-state index in [0.717, 1.165) is 12.0 Å². The maximum Gasteiger partial charge on any atom is 0.140 e. The molecule has 4 heteroatoms. The van der Waals surface area contributed by atoms with Gasteiger partial charge in [0.25, 0.3) is 0 Å². The first-order chi connectivity index (χ1) is 7.08. The number of nitrogens with two attached hydrogens (primary N) is 1. The third-order valence-electron chi connectivity index (χ3n) is 2.30. The van der Waals surface area contributed by atoms with E-state index in [0.29, 0.717) is 12.2 Å². The molecule has 1 atom stereocenters. The molecule has 0 aliphatic heterocycles. The lowest BCUT2D eigenvalue weighted by Crippen LogP contribution is -2.21. The fourth-order valence-electron chi connectivity index (χ4n) is 1.42. The van der Waals surface area contributed by atoms with Gasteiger partial charge in [0, 0.05) is 11.6 Å². The summed E-state index contributed by atoms with van der Waals surface area (Å²) < 4.78 is 18.2. The molecule has 0 aliphatic carbocycles. The van der Waals surface area contributed by atoms with E-state index in [1.807, 2.05) is 6.92 Å². The van der Waals surface area contributed by atoms with Gasteiger partial charge in [-0.15, -0.1) is 0 Å². The zero-order chi connectivity index (χ0) is 11.4. The van der Waals surface area contributed by atoms with Crippen LogP contribution >= 0.6 is 11.6 Å². The number of benzene rings is 1. The van der Waals surface area contributed by atoms with Crippen molar-refractivity contribution in [3.8, 4) is 5.75 Å². The second-order valence-electron chi connectivity index (χ2n) is 3.45. The van der Waals surface area contributed by atoms with E-state index >= 15 is 0 Å². The third kappa shape index (κ3) is 3.08. The maximum absolute atomic E-state index is 13.1. The molecular weight excluding hydrogens is 217 g/mol. The van der Waals surface area contributed by atoms with Crippen molar-refractivity contribution in [1.29, 1.82) is 0 Å². The Bertz CT molecular complexity index is 344. The quantitative estimate of drug-likeness (QED) is 0.865. The van der Waals surface area contributed by atoms with Crippen molar-refractivity contribution in [3.05, 3.63) is 28.5 Å². The van der Waals surface area contributed by atoms with Crippen molar-refractivity contribution < 1.29 is 9.13 Å². The maximum atomic E-state index is 13.1. The van der Waals surface area contributed by atoms with Gasteiger partial charge >= 0.3 is 0 Å². The second kappa shape index (κ2) is 5.33. The third-order valence-corrected chi connectivity index (χ3v) is 2.58. The van der Waals surface area contributed by atoms with Crippen LogP contribution in [-0.4, -0.2) is 13.2 Å². The molecule has 0 amide bonds. The summed E-state index contributed by atoms with van der Waals surface area (Å²) in [4.78, 5) is 0. The summed E-state index contributed by atoms with van der Waals surface area (Å²) in [5.74, 6) is 0.154. The average Bonchev–Trinajstić information content (AvgIpc) is 2.17. The summed E-state index contributed by atoms with van der Waals surface area (Å²) in [6.07, 6.45) is 1.40. The Morgan fingerprint density at radius 2 is 2.20 bits per heavy atom. The first kappa shape index (κ1) is 12.3. The van der Waals surface area contributed by atoms with Crippen LogP contribution in [0.3, 0.4) is 0 Å². The lowest BCUT2D eigenvalue weighted by molar-refractivity contribution is 0.406. The Balaban J connectivity index is 3.03. The predicted molar refractivity (Wildman–Crippen MR) is 59.9 cm³/mol. The fraction of sp³-hybridized carbons (Fsp3) is 0.455. The van der Waals surface area contributed by atoms with E-state index in [1.54, 1.807) is 0 Å². The predicted octanol–water partition coefficient (Wildman–Crippen LogP) is 2.77. The summed E-state index contributed by atoms with van der Waals surface area (Å²) in [5.41, 5.74) is 6.53. The molecule has 0 spiro atoms. The van der Waals surface area contributed by atoms with E-state index in [9.17, 15) is 4.39 Å². The zero-order valence-electron chi connectivity index (χ0n) is 8.89. The van der Waals surface area contributed by atoms with Crippen molar-refractivity contribution in [3.63, 3.8) is 0 Å². The van der Waals surface area contributed by atoms with Crippen molar-refractivity contribution in [2.75, 3.05) is 7.11 Å². The van der Waals surface area contributed by atoms with Crippen LogP contribution in [0.1, 0.15) is 18.9 Å². The standard InChI is InChI=1S/C11H15ClFNO/c1-3-9(14)5-7-4-8(13)6-10(12)11(7)15-2/h4,6,9H,3,5,14H2,1-2H3. The Labute approximate surface area is 94.2 Å². The molecule has 1 rings (SSSR count). The lowest BCUT2D eigenvalue weighted by Gasteiger charge is -2.13. The van der Waals surface area contributed by atoms with E-state index in [-0.39, 0.29) is 16.9 Å². The molecule has 1 aromatic carbocycles. The van der Waals surface area contributed by atoms with E-state index < -0.39 is 0 Å². The van der Waals surface area contributed by atoms with Crippen LogP contribution in [0.5, 0.6) is 5.75 Å². The van der Waals surface area contributed by atoms with E-state index in [2.05, 4.69) is 0 Å². The minimum Gasteiger partial charge on any atom is -0.495 e. The molecule has 1 unspecified atom stereocenters. The van der Waals surface area contributed by atoms with E-state index in [1.165, 1.54) is 19.2 Å². The minimum absolute atomic E-state index is 0.00299. The van der Waals surface area contributed by atoms with Crippen LogP contribution in [0.4, 0.5) is 4.39 Å². The molecule has 2 nitrogen and oxygen atoms in total. The smallest absolute Gasteiger partial charge is 0.140 e. The van der Waals surface area contributed by atoms with Crippen molar-refractivity contribution in [1.82, 2.24) is 0 Å². The molecule has 1 aromatic rings. The highest BCUT2D eigenvalue weighted by Gasteiger charge is 2.12. The number of rotatable bonds is 4. The highest BCUT2D eigenvalue weighted by atomic mass is 35.5. The lowest BCUT2D eigenvalue weighted by atomic mass is 10.0. The van der Waals surface area contributed by atoms with Crippen LogP contribution in [0.15, 0.2) is 12.1 Å². The molecule has 0 aliphatic rings. The molecular formula is C11H15ClFNO. The van der Waals surface area contributed by atoms with Crippen LogP contribution in [0, 0.1) is 5.82 Å². The molecule has 0 heterocycles. The number of ether oxygens (including phenoxy) is 1. The van der Waals surface area contributed by atoms with Crippen molar-refractivity contribution >= 4 is 11.6 Å². The molecule has 0 saturated carbocycles. The normalized spacial score (nSPS) is 12.6. The van der Waals surface area contributed by atoms with Gasteiger partial charge in [-0.3, -0.25) is 0 Å². The van der Waals surface area contributed by atoms with Gasteiger partial charge in [0.1, 0.15) is 11.6 Å². The molecule has 84 valence electrons. The zero-order valence-corrected chi connectivity index (χ0v) is 9.64. The van der Waals surface area contributed by atoms with Gasteiger partial charge in [0.05, 0.1) is 12.1 Å². The topological polar surface area (TPSA) is 35.2 Å². The molecule has 0 fully saturated rings. The molecule has 0 saturated heterocycles. The summed E-state index contributed by atoms with van der Waals surface area (Å²) in [6.45, 7) is 1.98. The summed E-state index contributed by atoms with van der Waals surface area (Å²) in [5, 5.41) is 0.288. The van der Waals surface area contributed by atoms with Crippen LogP contribution < -0.4 is 10.5 Å². The number of hydrogen-bond acceptors (Lipinski definition) is 2. The number of methoxy groups -OCH3 is 1. The van der Waals surface area contributed by atoms with Crippen molar-refractivity contribution in [2.45, 2.75) is 25.8 Å². The second-order valence-corrected chi connectivity index (χ2v) is 3.86. The van der Waals surface area contributed by atoms with Gasteiger partial charge in [-0.25, -0.2) is 4.39 Å². The Hall–Kier alpha value is -0.800. The van der Waals surface area contributed by atoms with Crippen LogP contribution in [0.25, 0.3) is 0 Å². The van der Waals surface area contributed by atoms with Gasteiger partial charge in [0.15, 0.2) is 0 Å². The molecule has 0 bridgehead atoms. The van der Waals surface area contributed by atoms with Gasteiger partial charge in [-0.05, 0) is 25.0 Å². The average molecular weight is 232 g/mol. The highest BCUT2D eigenvalue weighted by Crippen LogP contribution is 2.30. The monoisotopic (exact) mass is 231 g/mol. The molecule has 0 aromatic heterocycles. The Morgan fingerprint density at radius 3 is 2.73 bits per heavy atom. The van der Waals surface area contributed by atoms with Gasteiger partial charge in [-0.2, -0.15) is 0 Å². The van der Waals surface area contributed by atoms with E-state index in [4.69, 9.17) is 22.1 Å². The summed E-state index contributed by atoms with van der Waals surface area (Å²) >= 11 is 5.86. The van der Waals surface area contributed by atoms with Gasteiger partial charge in [-0.1, -0.05) is 18.5 Å². The first-order valence-corrected chi connectivity index (χ1v) is 5.23. The largest absolute Gasteiger partial charge is 0.495 e. The Morgan fingerprint density at radius 1 is 1.53 bits per heavy atom. The molecule has 15 heavy (non-hydrogen) atoms. The molecule has 2 N–H and O–H groups in total. The van der Waals surface area contributed by atoms with Crippen molar-refractivity contribution in [2.24, 2.45) is 5.73 Å². The summed E-state index contributed by atoms with van der Waals surface area (Å²) in [7, 11) is 1.51. The fourth-order valence-corrected chi connectivity index (χ4v) is 1.72. The number of halogens is 2. The van der Waals surface area contributed by atoms with Crippen LogP contribution in [0.2, 0.25) is 5.02 Å². The highest BCUT2D eigenvalue weighted by molar-refractivity contribution is 6.32. The van der Waals surface area contributed by atoms with Gasteiger partial charge < -0.3 is 10.5 Å². The molecule has 0 radical (unpaired) electrons.